The highest BCUT2D eigenvalue weighted by Gasteiger charge is 2.41. The van der Waals surface area contributed by atoms with Gasteiger partial charge in [-0.25, -0.2) is 0 Å². The number of benzene rings is 1. The van der Waals surface area contributed by atoms with E-state index >= 15 is 0 Å². The molecule has 1 N–H and O–H groups in total. The summed E-state index contributed by atoms with van der Waals surface area (Å²) in [6, 6.07) is 4.55. The lowest BCUT2D eigenvalue weighted by Gasteiger charge is -2.21. The lowest BCUT2D eigenvalue weighted by atomic mass is 10.1. The average Bonchev–Trinajstić information content (AvgIpc) is 3.38. The van der Waals surface area contributed by atoms with Crippen molar-refractivity contribution in [3.8, 4) is 0 Å². The number of hydrogen-bond donors (Lipinski definition) is 1. The first-order valence-electron chi connectivity index (χ1n) is 8.73. The standard InChI is InChI=1S/C18H18N4O4S/c1-26-9-14-20-21-18(27-14)19-15(23)10-6-7-12-13(8-10)17(25)22(16(12)24)11-4-2-3-5-11/h6-8,11H,2-5,9H2,1H3,(H,19,21,23). The molecular weight excluding hydrogens is 368 g/mol. The van der Waals surface area contributed by atoms with E-state index < -0.39 is 5.91 Å². The van der Waals surface area contributed by atoms with Gasteiger partial charge in [-0.1, -0.05) is 24.2 Å². The Morgan fingerprint density at radius 2 is 1.96 bits per heavy atom. The molecule has 9 heteroatoms. The molecule has 0 radical (unpaired) electrons. The third kappa shape index (κ3) is 3.24. The Morgan fingerprint density at radius 3 is 2.70 bits per heavy atom. The largest absolute Gasteiger partial charge is 0.377 e. The van der Waals surface area contributed by atoms with E-state index in [1.807, 2.05) is 0 Å². The average molecular weight is 386 g/mol. The fourth-order valence-electron chi connectivity index (χ4n) is 3.55. The molecule has 1 fully saturated rings. The highest BCUT2D eigenvalue weighted by atomic mass is 32.1. The zero-order valence-corrected chi connectivity index (χ0v) is 15.5. The maximum Gasteiger partial charge on any atom is 0.261 e. The van der Waals surface area contributed by atoms with E-state index in [1.165, 1.54) is 22.3 Å². The van der Waals surface area contributed by atoms with Gasteiger partial charge in [0.2, 0.25) is 5.13 Å². The summed E-state index contributed by atoms with van der Waals surface area (Å²) < 4.78 is 4.98. The monoisotopic (exact) mass is 386 g/mol. The summed E-state index contributed by atoms with van der Waals surface area (Å²) in [7, 11) is 1.55. The molecule has 8 nitrogen and oxygen atoms in total. The number of anilines is 1. The van der Waals surface area contributed by atoms with Crippen LogP contribution in [0.1, 0.15) is 61.8 Å². The van der Waals surface area contributed by atoms with Crippen LogP contribution in [0.3, 0.4) is 0 Å². The Hall–Kier alpha value is -2.65. The SMILES string of the molecule is COCc1nnc(NC(=O)c2ccc3c(c2)C(=O)N(C2CCCC2)C3=O)s1. The number of hydrogen-bond acceptors (Lipinski definition) is 7. The maximum atomic E-state index is 12.7. The van der Waals surface area contributed by atoms with Crippen molar-refractivity contribution in [3.05, 3.63) is 39.9 Å². The van der Waals surface area contributed by atoms with Crippen molar-refractivity contribution in [3.63, 3.8) is 0 Å². The zero-order valence-electron chi connectivity index (χ0n) is 14.7. The maximum absolute atomic E-state index is 12.7. The molecule has 1 saturated carbocycles. The van der Waals surface area contributed by atoms with E-state index in [4.69, 9.17) is 4.74 Å². The van der Waals surface area contributed by atoms with Crippen molar-refractivity contribution >= 4 is 34.2 Å². The van der Waals surface area contributed by atoms with Crippen molar-refractivity contribution in [2.75, 3.05) is 12.4 Å². The Kier molecular flexibility index (Phi) is 4.71. The smallest absolute Gasteiger partial charge is 0.261 e. The minimum atomic E-state index is -0.405. The number of aromatic nitrogens is 2. The van der Waals surface area contributed by atoms with Crippen LogP contribution in [0.2, 0.25) is 0 Å². The molecule has 0 unspecified atom stereocenters. The van der Waals surface area contributed by atoms with Crippen LogP contribution in [0.15, 0.2) is 18.2 Å². The number of rotatable bonds is 5. The number of fused-ring (bicyclic) bond motifs is 1. The molecule has 140 valence electrons. The van der Waals surface area contributed by atoms with Crippen LogP contribution in [-0.2, 0) is 11.3 Å². The molecule has 1 aliphatic carbocycles. The first-order valence-corrected chi connectivity index (χ1v) is 9.54. The molecule has 1 aliphatic heterocycles. The summed E-state index contributed by atoms with van der Waals surface area (Å²) in [4.78, 5) is 39.2. The molecule has 0 atom stereocenters. The van der Waals surface area contributed by atoms with Gasteiger partial charge in [0.05, 0.1) is 11.1 Å². The van der Waals surface area contributed by atoms with E-state index in [0.717, 1.165) is 25.7 Å². The molecule has 27 heavy (non-hydrogen) atoms. The third-order valence-corrected chi connectivity index (χ3v) is 5.64. The van der Waals surface area contributed by atoms with E-state index in [2.05, 4.69) is 15.5 Å². The van der Waals surface area contributed by atoms with E-state index in [-0.39, 0.29) is 23.4 Å². The summed E-state index contributed by atoms with van der Waals surface area (Å²) in [5.74, 6) is -0.977. The van der Waals surface area contributed by atoms with Gasteiger partial charge in [0, 0.05) is 18.7 Å². The highest BCUT2D eigenvalue weighted by molar-refractivity contribution is 7.15. The van der Waals surface area contributed by atoms with Gasteiger partial charge in [0.15, 0.2) is 0 Å². The van der Waals surface area contributed by atoms with Crippen LogP contribution >= 0.6 is 11.3 Å². The van der Waals surface area contributed by atoms with Gasteiger partial charge in [-0.05, 0) is 31.0 Å². The Labute approximate surface area is 159 Å². The van der Waals surface area contributed by atoms with Gasteiger partial charge in [-0.2, -0.15) is 0 Å². The van der Waals surface area contributed by atoms with Gasteiger partial charge in [-0.15, -0.1) is 10.2 Å². The molecular formula is C18H18N4O4S. The molecule has 2 aromatic rings. The quantitative estimate of drug-likeness (QED) is 0.792. The van der Waals surface area contributed by atoms with Gasteiger partial charge < -0.3 is 4.74 Å². The fourth-order valence-corrected chi connectivity index (χ4v) is 4.26. The van der Waals surface area contributed by atoms with E-state index in [9.17, 15) is 14.4 Å². The first-order chi connectivity index (χ1) is 13.1. The van der Waals surface area contributed by atoms with Gasteiger partial charge in [-0.3, -0.25) is 24.6 Å². The summed E-state index contributed by atoms with van der Waals surface area (Å²) in [6.07, 6.45) is 3.75. The molecule has 2 heterocycles. The summed E-state index contributed by atoms with van der Waals surface area (Å²) in [5, 5.41) is 11.5. The second kappa shape index (κ2) is 7.16. The number of ether oxygens (including phenoxy) is 1. The third-order valence-electron chi connectivity index (χ3n) is 4.83. The number of carbonyl (C=O) groups excluding carboxylic acids is 3. The Morgan fingerprint density at radius 1 is 1.22 bits per heavy atom. The van der Waals surface area contributed by atoms with E-state index in [1.54, 1.807) is 19.2 Å². The lowest BCUT2D eigenvalue weighted by molar-refractivity contribution is 0.0587. The number of carbonyl (C=O) groups is 3. The molecule has 0 saturated heterocycles. The minimum absolute atomic E-state index is 0.0322. The molecule has 0 spiro atoms. The molecule has 3 amide bonds. The predicted molar refractivity (Wildman–Crippen MR) is 97.8 cm³/mol. The normalized spacial score (nSPS) is 16.9. The van der Waals surface area contributed by atoms with Gasteiger partial charge >= 0.3 is 0 Å². The lowest BCUT2D eigenvalue weighted by Crippen LogP contribution is -2.38. The Bertz CT molecular complexity index is 920. The van der Waals surface area contributed by atoms with Gasteiger partial charge in [0.25, 0.3) is 17.7 Å². The van der Waals surface area contributed by atoms with Crippen molar-refractivity contribution < 1.29 is 19.1 Å². The molecule has 0 bridgehead atoms. The second-order valence-electron chi connectivity index (χ2n) is 6.57. The first kappa shape index (κ1) is 17.7. The van der Waals surface area contributed by atoms with Crippen LogP contribution in [0, 0.1) is 0 Å². The van der Waals surface area contributed by atoms with Crippen LogP contribution in [-0.4, -0.2) is 46.0 Å². The van der Waals surface area contributed by atoms with Crippen molar-refractivity contribution in [2.24, 2.45) is 0 Å². The number of nitrogens with one attached hydrogen (secondary N) is 1. The molecule has 1 aromatic carbocycles. The molecule has 1 aromatic heterocycles. The molecule has 4 rings (SSSR count). The topological polar surface area (TPSA) is 101 Å². The zero-order chi connectivity index (χ0) is 19.0. The highest BCUT2D eigenvalue weighted by Crippen LogP contribution is 2.32. The van der Waals surface area contributed by atoms with Crippen LogP contribution < -0.4 is 5.32 Å². The van der Waals surface area contributed by atoms with Crippen molar-refractivity contribution in [1.82, 2.24) is 15.1 Å². The number of methoxy groups -OCH3 is 1. The number of nitrogens with zero attached hydrogens (tertiary/aromatic N) is 3. The Balaban J connectivity index is 1.54. The van der Waals surface area contributed by atoms with Gasteiger partial charge in [0.1, 0.15) is 11.6 Å². The van der Waals surface area contributed by atoms with Crippen LogP contribution in [0.4, 0.5) is 5.13 Å². The number of imide groups is 1. The number of amides is 3. The fraction of sp³-hybridized carbons (Fsp3) is 0.389. The van der Waals surface area contributed by atoms with Crippen molar-refractivity contribution in [1.29, 1.82) is 0 Å². The van der Waals surface area contributed by atoms with Crippen molar-refractivity contribution in [2.45, 2.75) is 38.3 Å². The minimum Gasteiger partial charge on any atom is -0.377 e. The second-order valence-corrected chi connectivity index (χ2v) is 7.63. The van der Waals surface area contributed by atoms with Crippen LogP contribution in [0.25, 0.3) is 0 Å². The summed E-state index contributed by atoms with van der Waals surface area (Å²) in [5.41, 5.74) is 0.949. The van der Waals surface area contributed by atoms with E-state index in [0.29, 0.717) is 27.9 Å². The predicted octanol–water partition coefficient (Wildman–Crippen LogP) is 2.48. The van der Waals surface area contributed by atoms with Crippen LogP contribution in [0.5, 0.6) is 0 Å². The molecule has 2 aliphatic rings. The summed E-state index contributed by atoms with van der Waals surface area (Å²) >= 11 is 1.22. The summed E-state index contributed by atoms with van der Waals surface area (Å²) in [6.45, 7) is 0.319.